The zero-order chi connectivity index (χ0) is 11.6. The Balaban J connectivity index is 3.01. The largest absolute Gasteiger partial charge is 0.283 e. The molecule has 0 saturated heterocycles. The van der Waals surface area contributed by atoms with Crippen molar-refractivity contribution in [3.05, 3.63) is 28.2 Å². The Bertz CT molecular complexity index is 454. The Morgan fingerprint density at radius 2 is 1.93 bits per heavy atom. The van der Waals surface area contributed by atoms with Gasteiger partial charge in [-0.05, 0) is 44.5 Å². The molecule has 0 spiro atoms. The summed E-state index contributed by atoms with van der Waals surface area (Å²) in [5.41, 5.74) is 1.53. The van der Waals surface area contributed by atoms with E-state index in [1.165, 1.54) is 0 Å². The lowest BCUT2D eigenvalue weighted by atomic mass is 10.2. The Labute approximate surface area is 99.1 Å². The predicted molar refractivity (Wildman–Crippen MR) is 66.6 cm³/mol. The number of halogens is 1. The number of benzene rings is 1. The fourth-order valence-corrected chi connectivity index (χ4v) is 2.26. The summed E-state index contributed by atoms with van der Waals surface area (Å²) in [5, 5.41) is -0.430. The molecule has 0 radical (unpaired) electrons. The molecule has 1 N–H and O–H groups in total. The molecule has 15 heavy (non-hydrogen) atoms. The Hall–Kier alpha value is -0.550. The highest BCUT2D eigenvalue weighted by Crippen LogP contribution is 2.21. The maximum atomic E-state index is 11.6. The molecule has 0 aliphatic carbocycles. The van der Waals surface area contributed by atoms with E-state index in [2.05, 4.69) is 20.7 Å². The second kappa shape index (κ2) is 4.53. The van der Waals surface area contributed by atoms with E-state index in [0.29, 0.717) is 5.69 Å². The average Bonchev–Trinajstić information content (AvgIpc) is 2.09. The van der Waals surface area contributed by atoms with E-state index in [1.807, 2.05) is 19.1 Å². The van der Waals surface area contributed by atoms with E-state index in [1.54, 1.807) is 19.9 Å². The van der Waals surface area contributed by atoms with Gasteiger partial charge in [0.15, 0.2) is 0 Å². The molecule has 0 saturated carbocycles. The summed E-state index contributed by atoms with van der Waals surface area (Å²) in [7, 11) is -3.25. The summed E-state index contributed by atoms with van der Waals surface area (Å²) in [6.45, 7) is 5.16. The molecule has 1 aromatic carbocycles. The van der Waals surface area contributed by atoms with Gasteiger partial charge in [-0.1, -0.05) is 15.9 Å². The third-order valence-corrected chi connectivity index (χ3v) is 4.30. The minimum atomic E-state index is -3.25. The number of sulfonamides is 1. The van der Waals surface area contributed by atoms with Crippen LogP contribution in [0.3, 0.4) is 0 Å². The van der Waals surface area contributed by atoms with Crippen LogP contribution in [0.25, 0.3) is 0 Å². The molecule has 0 aliphatic rings. The van der Waals surface area contributed by atoms with Gasteiger partial charge in [-0.3, -0.25) is 4.72 Å². The van der Waals surface area contributed by atoms with Gasteiger partial charge in [-0.15, -0.1) is 0 Å². The summed E-state index contributed by atoms with van der Waals surface area (Å²) in [4.78, 5) is 0. The molecular formula is C10H14BrNO2S. The van der Waals surface area contributed by atoms with Gasteiger partial charge in [0.25, 0.3) is 0 Å². The number of nitrogens with one attached hydrogen (secondary N) is 1. The maximum absolute atomic E-state index is 11.6. The minimum absolute atomic E-state index is 0.430. The van der Waals surface area contributed by atoms with Crippen LogP contribution in [0.5, 0.6) is 0 Å². The van der Waals surface area contributed by atoms with Crippen molar-refractivity contribution in [1.82, 2.24) is 0 Å². The van der Waals surface area contributed by atoms with Crippen LogP contribution in [0.2, 0.25) is 0 Å². The average molecular weight is 292 g/mol. The lowest BCUT2D eigenvalue weighted by Crippen LogP contribution is -2.22. The predicted octanol–water partition coefficient (Wildman–Crippen LogP) is 2.91. The highest BCUT2D eigenvalue weighted by Gasteiger charge is 2.16. The third kappa shape index (κ3) is 3.21. The van der Waals surface area contributed by atoms with E-state index in [0.717, 1.165) is 10.0 Å². The lowest BCUT2D eigenvalue weighted by Gasteiger charge is -2.12. The molecule has 0 amide bonds. The van der Waals surface area contributed by atoms with Crippen molar-refractivity contribution >= 4 is 31.6 Å². The first-order valence-corrected chi connectivity index (χ1v) is 6.94. The number of hydrogen-bond donors (Lipinski definition) is 1. The van der Waals surface area contributed by atoms with Crippen molar-refractivity contribution in [1.29, 1.82) is 0 Å². The summed E-state index contributed by atoms with van der Waals surface area (Å²) in [6.07, 6.45) is 0. The van der Waals surface area contributed by atoms with Crippen molar-refractivity contribution in [3.63, 3.8) is 0 Å². The van der Waals surface area contributed by atoms with E-state index in [9.17, 15) is 8.42 Å². The third-order valence-electron chi connectivity index (χ3n) is 2.06. The van der Waals surface area contributed by atoms with Gasteiger partial charge in [0.05, 0.1) is 10.9 Å². The molecule has 0 bridgehead atoms. The number of aryl methyl sites for hydroxylation is 1. The molecule has 0 heterocycles. The SMILES string of the molecule is Cc1cc(Br)ccc1NS(=O)(=O)C(C)C. The van der Waals surface area contributed by atoms with Crippen LogP contribution in [0.4, 0.5) is 5.69 Å². The molecule has 0 unspecified atom stereocenters. The van der Waals surface area contributed by atoms with Gasteiger partial charge in [0.2, 0.25) is 10.0 Å². The second-order valence-corrected chi connectivity index (χ2v) is 6.81. The topological polar surface area (TPSA) is 46.2 Å². The Morgan fingerprint density at radius 1 is 1.33 bits per heavy atom. The van der Waals surface area contributed by atoms with Gasteiger partial charge in [0, 0.05) is 4.47 Å². The molecule has 5 heteroatoms. The van der Waals surface area contributed by atoms with Gasteiger partial charge in [-0.2, -0.15) is 0 Å². The van der Waals surface area contributed by atoms with Crippen molar-refractivity contribution in [2.45, 2.75) is 26.0 Å². The number of hydrogen-bond acceptors (Lipinski definition) is 2. The van der Waals surface area contributed by atoms with Crippen molar-refractivity contribution in [2.24, 2.45) is 0 Å². The smallest absolute Gasteiger partial charge is 0.235 e. The zero-order valence-corrected chi connectivity index (χ0v) is 11.3. The molecule has 1 aromatic rings. The van der Waals surface area contributed by atoms with Crippen LogP contribution >= 0.6 is 15.9 Å². The highest BCUT2D eigenvalue weighted by molar-refractivity contribution is 9.10. The van der Waals surface area contributed by atoms with E-state index >= 15 is 0 Å². The lowest BCUT2D eigenvalue weighted by molar-refractivity contribution is 0.592. The fraction of sp³-hybridized carbons (Fsp3) is 0.400. The van der Waals surface area contributed by atoms with Crippen LogP contribution in [0.15, 0.2) is 22.7 Å². The molecule has 0 aromatic heterocycles. The van der Waals surface area contributed by atoms with Crippen LogP contribution in [0, 0.1) is 6.92 Å². The van der Waals surface area contributed by atoms with E-state index in [-0.39, 0.29) is 0 Å². The Kier molecular flexibility index (Phi) is 3.78. The van der Waals surface area contributed by atoms with Crippen LogP contribution in [-0.4, -0.2) is 13.7 Å². The molecule has 0 atom stereocenters. The monoisotopic (exact) mass is 291 g/mol. The van der Waals surface area contributed by atoms with Crippen molar-refractivity contribution in [3.8, 4) is 0 Å². The first-order valence-electron chi connectivity index (χ1n) is 4.60. The highest BCUT2D eigenvalue weighted by atomic mass is 79.9. The summed E-state index contributed by atoms with van der Waals surface area (Å²) >= 11 is 3.33. The standard InChI is InChI=1S/C10H14BrNO2S/c1-7(2)15(13,14)12-10-5-4-9(11)6-8(10)3/h4-7,12H,1-3H3. The van der Waals surface area contributed by atoms with Gasteiger partial charge < -0.3 is 0 Å². The van der Waals surface area contributed by atoms with E-state index < -0.39 is 15.3 Å². The zero-order valence-electron chi connectivity index (χ0n) is 8.91. The van der Waals surface area contributed by atoms with Gasteiger partial charge in [-0.25, -0.2) is 8.42 Å². The fourth-order valence-electron chi connectivity index (χ4n) is 1.01. The van der Waals surface area contributed by atoms with Gasteiger partial charge in [0.1, 0.15) is 0 Å². The molecule has 0 aliphatic heterocycles. The second-order valence-electron chi connectivity index (χ2n) is 3.66. The maximum Gasteiger partial charge on any atom is 0.235 e. The summed E-state index contributed by atoms with van der Waals surface area (Å²) in [6, 6.07) is 5.43. The minimum Gasteiger partial charge on any atom is -0.283 e. The van der Waals surface area contributed by atoms with Crippen LogP contribution < -0.4 is 4.72 Å². The van der Waals surface area contributed by atoms with Gasteiger partial charge >= 0.3 is 0 Å². The van der Waals surface area contributed by atoms with Crippen LogP contribution in [-0.2, 0) is 10.0 Å². The molecule has 3 nitrogen and oxygen atoms in total. The van der Waals surface area contributed by atoms with E-state index in [4.69, 9.17) is 0 Å². The Morgan fingerprint density at radius 3 is 2.40 bits per heavy atom. The summed E-state index contributed by atoms with van der Waals surface area (Å²) in [5.74, 6) is 0. The molecule has 1 rings (SSSR count). The van der Waals surface area contributed by atoms with Crippen LogP contribution in [0.1, 0.15) is 19.4 Å². The normalized spacial score (nSPS) is 11.8. The molecular weight excluding hydrogens is 278 g/mol. The van der Waals surface area contributed by atoms with Crippen molar-refractivity contribution < 1.29 is 8.42 Å². The first-order chi connectivity index (χ1) is 6.83. The quantitative estimate of drug-likeness (QED) is 0.931. The number of anilines is 1. The summed E-state index contributed by atoms with van der Waals surface area (Å²) < 4.78 is 26.7. The molecule has 84 valence electrons. The number of rotatable bonds is 3. The molecule has 0 fully saturated rings. The first kappa shape index (κ1) is 12.5. The van der Waals surface area contributed by atoms with Crippen molar-refractivity contribution in [2.75, 3.05) is 4.72 Å².